The van der Waals surface area contributed by atoms with Crippen molar-refractivity contribution in [2.45, 2.75) is 52.7 Å². The van der Waals surface area contributed by atoms with Gasteiger partial charge in [-0.2, -0.15) is 5.10 Å². The predicted octanol–water partition coefficient (Wildman–Crippen LogP) is 3.33. The number of benzene rings is 1. The van der Waals surface area contributed by atoms with Gasteiger partial charge in [-0.3, -0.25) is 0 Å². The van der Waals surface area contributed by atoms with E-state index >= 15 is 0 Å². The molecule has 0 saturated carbocycles. The predicted molar refractivity (Wildman–Crippen MR) is 84.1 cm³/mol. The largest absolute Gasteiger partial charge is 0.388 e. The van der Waals surface area contributed by atoms with Crippen LogP contribution >= 0.6 is 0 Å². The Morgan fingerprint density at radius 3 is 2.29 bits per heavy atom. The highest BCUT2D eigenvalue weighted by Gasteiger charge is 2.14. The normalized spacial score (nSPS) is 13.1. The van der Waals surface area contributed by atoms with E-state index in [1.807, 2.05) is 16.8 Å². The number of aromatic nitrogens is 3. The van der Waals surface area contributed by atoms with Crippen molar-refractivity contribution in [3.8, 4) is 0 Å². The summed E-state index contributed by atoms with van der Waals surface area (Å²) in [5.41, 5.74) is 2.24. The first-order chi connectivity index (χ1) is 9.97. The first-order valence-electron chi connectivity index (χ1n) is 7.62. The molecule has 0 bridgehead atoms. The molecule has 2 rings (SSSR count). The lowest BCUT2D eigenvalue weighted by Crippen LogP contribution is -2.12. The summed E-state index contributed by atoms with van der Waals surface area (Å²) < 4.78 is 1.86. The number of nitrogens with zero attached hydrogens (tertiary/aromatic N) is 3. The van der Waals surface area contributed by atoms with Gasteiger partial charge in [-0.05, 0) is 37.3 Å². The van der Waals surface area contributed by atoms with Gasteiger partial charge in [-0.1, -0.05) is 38.1 Å². The summed E-state index contributed by atoms with van der Waals surface area (Å²) in [5.74, 6) is 1.47. The van der Waals surface area contributed by atoms with Gasteiger partial charge in [0.1, 0.15) is 12.2 Å². The Kier molecular flexibility index (Phi) is 5.12. The second kappa shape index (κ2) is 6.85. The Labute approximate surface area is 126 Å². The van der Waals surface area contributed by atoms with Crippen LogP contribution in [0.1, 0.15) is 56.8 Å². The molecule has 0 amide bonds. The van der Waals surface area contributed by atoms with Gasteiger partial charge in [-0.15, -0.1) is 0 Å². The van der Waals surface area contributed by atoms with E-state index in [0.717, 1.165) is 17.8 Å². The number of aliphatic hydroxyl groups excluding tert-OH is 1. The summed E-state index contributed by atoms with van der Waals surface area (Å²) in [4.78, 5) is 4.25. The van der Waals surface area contributed by atoms with Crippen LogP contribution in [0.2, 0.25) is 0 Å². The van der Waals surface area contributed by atoms with Gasteiger partial charge in [0, 0.05) is 12.5 Å². The monoisotopic (exact) mass is 287 g/mol. The summed E-state index contributed by atoms with van der Waals surface area (Å²) in [6, 6.07) is 8.48. The zero-order valence-corrected chi connectivity index (χ0v) is 13.3. The molecule has 1 heterocycles. The standard InChI is InChI=1S/C17H25N3O/c1-12(2)9-14-5-7-15(8-6-14)16(21)10-17-18-11-19-20(17)13(3)4/h5-8,11-13,16,21H,9-10H2,1-4H3. The van der Waals surface area contributed by atoms with E-state index in [-0.39, 0.29) is 6.04 Å². The molecule has 1 atom stereocenters. The molecule has 0 fully saturated rings. The van der Waals surface area contributed by atoms with Gasteiger partial charge in [0.05, 0.1) is 6.10 Å². The molecule has 0 radical (unpaired) electrons. The molecule has 4 heteroatoms. The van der Waals surface area contributed by atoms with Crippen LogP contribution in [0.15, 0.2) is 30.6 Å². The van der Waals surface area contributed by atoms with E-state index in [4.69, 9.17) is 0 Å². The van der Waals surface area contributed by atoms with Crippen molar-refractivity contribution >= 4 is 0 Å². The third-order valence-electron chi connectivity index (χ3n) is 3.52. The molecule has 1 unspecified atom stereocenters. The first kappa shape index (κ1) is 15.7. The van der Waals surface area contributed by atoms with Crippen molar-refractivity contribution in [2.75, 3.05) is 0 Å². The quantitative estimate of drug-likeness (QED) is 0.886. The van der Waals surface area contributed by atoms with Crippen LogP contribution in [0.3, 0.4) is 0 Å². The van der Waals surface area contributed by atoms with E-state index in [1.54, 1.807) is 6.33 Å². The summed E-state index contributed by atoms with van der Waals surface area (Å²) in [5, 5.41) is 14.6. The summed E-state index contributed by atoms with van der Waals surface area (Å²) in [6.07, 6.45) is 2.56. The average molecular weight is 287 g/mol. The molecular formula is C17H25N3O. The lowest BCUT2D eigenvalue weighted by atomic mass is 9.99. The van der Waals surface area contributed by atoms with Crippen LogP contribution < -0.4 is 0 Å². The molecule has 114 valence electrons. The van der Waals surface area contributed by atoms with Crippen molar-refractivity contribution in [1.29, 1.82) is 0 Å². The first-order valence-corrected chi connectivity index (χ1v) is 7.62. The molecule has 21 heavy (non-hydrogen) atoms. The zero-order chi connectivity index (χ0) is 15.4. The Bertz CT molecular complexity index is 558. The van der Waals surface area contributed by atoms with Gasteiger partial charge < -0.3 is 5.11 Å². The van der Waals surface area contributed by atoms with E-state index < -0.39 is 6.10 Å². The van der Waals surface area contributed by atoms with E-state index in [9.17, 15) is 5.11 Å². The smallest absolute Gasteiger partial charge is 0.138 e. The third kappa shape index (κ3) is 4.14. The van der Waals surface area contributed by atoms with Crippen LogP contribution in [0, 0.1) is 5.92 Å². The molecule has 1 aromatic carbocycles. The maximum Gasteiger partial charge on any atom is 0.138 e. The molecule has 0 aliphatic rings. The second-order valence-corrected chi connectivity index (χ2v) is 6.27. The topological polar surface area (TPSA) is 50.9 Å². The molecule has 0 saturated heterocycles. The maximum atomic E-state index is 10.4. The number of hydrogen-bond donors (Lipinski definition) is 1. The lowest BCUT2D eigenvalue weighted by molar-refractivity contribution is 0.173. The molecule has 0 aliphatic carbocycles. The average Bonchev–Trinajstić information content (AvgIpc) is 2.87. The fourth-order valence-electron chi connectivity index (χ4n) is 2.49. The van der Waals surface area contributed by atoms with Gasteiger partial charge in [0.2, 0.25) is 0 Å². The Balaban J connectivity index is 2.06. The van der Waals surface area contributed by atoms with Crippen molar-refractivity contribution < 1.29 is 5.11 Å². The molecule has 4 nitrogen and oxygen atoms in total. The Hall–Kier alpha value is -1.68. The van der Waals surface area contributed by atoms with Gasteiger partial charge in [0.25, 0.3) is 0 Å². The number of hydrogen-bond acceptors (Lipinski definition) is 3. The van der Waals surface area contributed by atoms with Crippen molar-refractivity contribution in [2.24, 2.45) is 5.92 Å². The third-order valence-corrected chi connectivity index (χ3v) is 3.52. The molecule has 0 aliphatic heterocycles. The van der Waals surface area contributed by atoms with Crippen LogP contribution in [0.5, 0.6) is 0 Å². The van der Waals surface area contributed by atoms with Crippen LogP contribution in [0.4, 0.5) is 0 Å². The van der Waals surface area contributed by atoms with Crippen LogP contribution in [-0.4, -0.2) is 19.9 Å². The van der Waals surface area contributed by atoms with Gasteiger partial charge >= 0.3 is 0 Å². The number of rotatable bonds is 6. The SMILES string of the molecule is CC(C)Cc1ccc(C(O)Cc2ncnn2C(C)C)cc1. The second-order valence-electron chi connectivity index (χ2n) is 6.27. The molecule has 1 N–H and O–H groups in total. The lowest BCUT2D eigenvalue weighted by Gasteiger charge is -2.14. The minimum Gasteiger partial charge on any atom is -0.388 e. The maximum absolute atomic E-state index is 10.4. The van der Waals surface area contributed by atoms with Gasteiger partial charge in [0.15, 0.2) is 0 Å². The molecular weight excluding hydrogens is 262 g/mol. The van der Waals surface area contributed by atoms with Crippen molar-refractivity contribution in [3.63, 3.8) is 0 Å². The highest BCUT2D eigenvalue weighted by molar-refractivity contribution is 5.25. The number of aliphatic hydroxyl groups is 1. The minimum absolute atomic E-state index is 0.253. The molecule has 0 spiro atoms. The van der Waals surface area contributed by atoms with Gasteiger partial charge in [-0.25, -0.2) is 9.67 Å². The van der Waals surface area contributed by atoms with Crippen molar-refractivity contribution in [1.82, 2.24) is 14.8 Å². The van der Waals surface area contributed by atoms with Crippen LogP contribution in [-0.2, 0) is 12.8 Å². The summed E-state index contributed by atoms with van der Waals surface area (Å²) in [6.45, 7) is 8.54. The zero-order valence-electron chi connectivity index (χ0n) is 13.3. The minimum atomic E-state index is -0.542. The van der Waals surface area contributed by atoms with E-state index in [1.165, 1.54) is 5.56 Å². The fraction of sp³-hybridized carbons (Fsp3) is 0.529. The van der Waals surface area contributed by atoms with E-state index in [2.05, 4.69) is 49.9 Å². The highest BCUT2D eigenvalue weighted by atomic mass is 16.3. The van der Waals surface area contributed by atoms with E-state index in [0.29, 0.717) is 12.3 Å². The molecule has 2 aromatic rings. The summed E-state index contributed by atoms with van der Waals surface area (Å²) >= 11 is 0. The fourth-order valence-corrected chi connectivity index (χ4v) is 2.49. The van der Waals surface area contributed by atoms with Crippen LogP contribution in [0.25, 0.3) is 0 Å². The van der Waals surface area contributed by atoms with Crippen molar-refractivity contribution in [3.05, 3.63) is 47.5 Å². The molecule has 1 aromatic heterocycles. The Morgan fingerprint density at radius 2 is 1.71 bits per heavy atom. The summed E-state index contributed by atoms with van der Waals surface area (Å²) in [7, 11) is 0. The Morgan fingerprint density at radius 1 is 1.05 bits per heavy atom. The highest BCUT2D eigenvalue weighted by Crippen LogP contribution is 2.20.